The molecule has 0 N–H and O–H groups in total. The Bertz CT molecular complexity index is 462. The molecule has 0 amide bonds. The van der Waals surface area contributed by atoms with Gasteiger partial charge < -0.3 is 4.74 Å². The van der Waals surface area contributed by atoms with E-state index in [4.69, 9.17) is 5.26 Å². The first-order valence-corrected chi connectivity index (χ1v) is 4.71. The molecule has 1 aromatic rings. The number of aldehydes is 1. The maximum Gasteiger partial charge on any atom is 0.339 e. The number of methoxy groups -OCH3 is 1. The molecule has 0 saturated heterocycles. The second kappa shape index (κ2) is 4.71. The van der Waals surface area contributed by atoms with Crippen LogP contribution in [0.5, 0.6) is 0 Å². The summed E-state index contributed by atoms with van der Waals surface area (Å²) in [5, 5.41) is 8.82. The lowest BCUT2D eigenvalue weighted by Gasteiger charge is -2.05. The van der Waals surface area contributed by atoms with Gasteiger partial charge in [-0.2, -0.15) is 5.26 Å². The predicted molar refractivity (Wildman–Crippen MR) is 55.6 cm³/mol. The summed E-state index contributed by atoms with van der Waals surface area (Å²) >= 11 is 3.09. The van der Waals surface area contributed by atoms with Crippen LogP contribution in [0.3, 0.4) is 0 Å². The smallest absolute Gasteiger partial charge is 0.339 e. The molecule has 0 spiro atoms. The molecule has 0 bridgehead atoms. The first kappa shape index (κ1) is 11.4. The van der Waals surface area contributed by atoms with Crippen LogP contribution in [0.25, 0.3) is 0 Å². The number of nitrogens with zero attached hydrogens (tertiary/aromatic N) is 1. The molecule has 1 rings (SSSR count). The van der Waals surface area contributed by atoms with E-state index in [1.807, 2.05) is 6.07 Å². The zero-order valence-corrected chi connectivity index (χ0v) is 9.37. The van der Waals surface area contributed by atoms with E-state index < -0.39 is 5.97 Å². The Labute approximate surface area is 94.6 Å². The number of carbonyl (C=O) groups excluding carboxylic acids is 2. The molecule has 0 aliphatic rings. The van der Waals surface area contributed by atoms with Crippen molar-refractivity contribution >= 4 is 28.2 Å². The highest BCUT2D eigenvalue weighted by atomic mass is 79.9. The van der Waals surface area contributed by atoms with Gasteiger partial charge in [-0.15, -0.1) is 0 Å². The van der Waals surface area contributed by atoms with E-state index in [1.54, 1.807) is 0 Å². The third-order valence-corrected chi connectivity index (χ3v) is 2.64. The van der Waals surface area contributed by atoms with E-state index in [-0.39, 0.29) is 21.2 Å². The van der Waals surface area contributed by atoms with E-state index >= 15 is 0 Å². The van der Waals surface area contributed by atoms with Crippen molar-refractivity contribution < 1.29 is 14.3 Å². The normalized spacial score (nSPS) is 9.13. The molecule has 0 atom stereocenters. The van der Waals surface area contributed by atoms with Gasteiger partial charge in [-0.3, -0.25) is 4.79 Å². The van der Waals surface area contributed by atoms with Crippen LogP contribution in [0.1, 0.15) is 26.3 Å². The number of ether oxygens (including phenoxy) is 1. The molecule has 0 saturated carbocycles. The van der Waals surface area contributed by atoms with Crippen LogP contribution in [0.2, 0.25) is 0 Å². The van der Waals surface area contributed by atoms with Crippen LogP contribution in [-0.4, -0.2) is 19.4 Å². The van der Waals surface area contributed by atoms with Gasteiger partial charge in [-0.05, 0) is 28.1 Å². The van der Waals surface area contributed by atoms with E-state index in [0.29, 0.717) is 6.29 Å². The number of nitriles is 1. The van der Waals surface area contributed by atoms with Gasteiger partial charge in [-0.25, -0.2) is 4.79 Å². The Morgan fingerprint density at radius 3 is 2.73 bits per heavy atom. The van der Waals surface area contributed by atoms with Gasteiger partial charge in [0.2, 0.25) is 0 Å². The van der Waals surface area contributed by atoms with E-state index in [1.165, 1.54) is 19.2 Å². The van der Waals surface area contributed by atoms with Crippen LogP contribution >= 0.6 is 15.9 Å². The average molecular weight is 268 g/mol. The van der Waals surface area contributed by atoms with Crippen molar-refractivity contribution in [1.82, 2.24) is 0 Å². The topological polar surface area (TPSA) is 67.2 Å². The molecule has 1 aromatic carbocycles. The lowest BCUT2D eigenvalue weighted by Crippen LogP contribution is -2.04. The maximum atomic E-state index is 11.3. The summed E-state index contributed by atoms with van der Waals surface area (Å²) in [6, 6.07) is 4.68. The minimum Gasteiger partial charge on any atom is -0.465 e. The van der Waals surface area contributed by atoms with Crippen molar-refractivity contribution in [2.45, 2.75) is 0 Å². The number of hydrogen-bond acceptors (Lipinski definition) is 4. The Morgan fingerprint density at radius 1 is 1.60 bits per heavy atom. The lowest BCUT2D eigenvalue weighted by atomic mass is 10.1. The van der Waals surface area contributed by atoms with E-state index in [0.717, 1.165) is 0 Å². The summed E-state index contributed by atoms with van der Waals surface area (Å²) in [4.78, 5) is 21.9. The minimum absolute atomic E-state index is 0.132. The molecule has 0 aromatic heterocycles. The Balaban J connectivity index is 3.43. The monoisotopic (exact) mass is 267 g/mol. The Morgan fingerprint density at radius 2 is 2.27 bits per heavy atom. The minimum atomic E-state index is -0.559. The number of rotatable bonds is 2. The van der Waals surface area contributed by atoms with Gasteiger partial charge in [0.15, 0.2) is 6.29 Å². The fourth-order valence-electron chi connectivity index (χ4n) is 1.07. The largest absolute Gasteiger partial charge is 0.465 e. The van der Waals surface area contributed by atoms with Crippen molar-refractivity contribution in [3.63, 3.8) is 0 Å². The predicted octanol–water partition coefficient (Wildman–Crippen LogP) is 1.92. The molecule has 76 valence electrons. The van der Waals surface area contributed by atoms with Gasteiger partial charge in [0, 0.05) is 5.56 Å². The van der Waals surface area contributed by atoms with Gasteiger partial charge in [0.05, 0.1) is 22.7 Å². The standard InChI is InChI=1S/C10H6BrNO3/c1-15-10(14)7-3-2-6(5-13)8(4-12)9(7)11/h2-3,5H,1H3. The number of carbonyl (C=O) groups is 2. The highest BCUT2D eigenvalue weighted by Crippen LogP contribution is 2.24. The van der Waals surface area contributed by atoms with Crippen molar-refractivity contribution in [3.05, 3.63) is 33.3 Å². The molecule has 0 radical (unpaired) electrons. The summed E-state index contributed by atoms with van der Waals surface area (Å²) in [5.74, 6) is -0.559. The van der Waals surface area contributed by atoms with Crippen LogP contribution < -0.4 is 0 Å². The Kier molecular flexibility index (Phi) is 3.58. The quantitative estimate of drug-likeness (QED) is 0.607. The fraction of sp³-hybridized carbons (Fsp3) is 0.100. The van der Waals surface area contributed by atoms with Crippen LogP contribution in [-0.2, 0) is 4.74 Å². The van der Waals surface area contributed by atoms with Gasteiger partial charge in [-0.1, -0.05) is 0 Å². The van der Waals surface area contributed by atoms with Gasteiger partial charge >= 0.3 is 5.97 Å². The van der Waals surface area contributed by atoms with Gasteiger partial charge in [0.25, 0.3) is 0 Å². The second-order valence-electron chi connectivity index (χ2n) is 2.61. The number of esters is 1. The summed E-state index contributed by atoms with van der Waals surface area (Å²) in [6.07, 6.45) is 0.560. The molecule has 4 nitrogen and oxygen atoms in total. The number of benzene rings is 1. The first-order chi connectivity index (χ1) is 7.15. The van der Waals surface area contributed by atoms with Crippen molar-refractivity contribution in [2.75, 3.05) is 7.11 Å². The molecule has 0 aliphatic carbocycles. The highest BCUT2D eigenvalue weighted by molar-refractivity contribution is 9.10. The summed E-state index contributed by atoms with van der Waals surface area (Å²) in [6.45, 7) is 0. The Hall–Kier alpha value is -1.67. The molecular formula is C10H6BrNO3. The molecule has 0 unspecified atom stereocenters. The van der Waals surface area contributed by atoms with E-state index in [2.05, 4.69) is 20.7 Å². The van der Waals surface area contributed by atoms with E-state index in [9.17, 15) is 9.59 Å². The number of hydrogen-bond donors (Lipinski definition) is 0. The SMILES string of the molecule is COC(=O)c1ccc(C=O)c(C#N)c1Br. The molecule has 0 aliphatic heterocycles. The number of halogens is 1. The summed E-state index contributed by atoms with van der Waals surface area (Å²) in [5.41, 5.74) is 0.588. The molecule has 0 heterocycles. The van der Waals surface area contributed by atoms with Crippen LogP contribution in [0.15, 0.2) is 16.6 Å². The third-order valence-electron chi connectivity index (χ3n) is 1.82. The molecule has 5 heteroatoms. The van der Waals surface area contributed by atoms with Crippen molar-refractivity contribution in [3.8, 4) is 6.07 Å². The average Bonchev–Trinajstić information content (AvgIpc) is 2.27. The molecule has 0 fully saturated rings. The fourth-order valence-corrected chi connectivity index (χ4v) is 1.68. The third kappa shape index (κ3) is 2.05. The second-order valence-corrected chi connectivity index (χ2v) is 3.41. The van der Waals surface area contributed by atoms with Crippen molar-refractivity contribution in [2.24, 2.45) is 0 Å². The molecular weight excluding hydrogens is 262 g/mol. The first-order valence-electron chi connectivity index (χ1n) is 3.91. The zero-order valence-electron chi connectivity index (χ0n) is 7.78. The summed E-state index contributed by atoms with van der Waals surface area (Å²) in [7, 11) is 1.24. The van der Waals surface area contributed by atoms with Crippen LogP contribution in [0.4, 0.5) is 0 Å². The van der Waals surface area contributed by atoms with Crippen molar-refractivity contribution in [1.29, 1.82) is 5.26 Å². The van der Waals surface area contributed by atoms with Crippen LogP contribution in [0, 0.1) is 11.3 Å². The lowest BCUT2D eigenvalue weighted by molar-refractivity contribution is 0.0599. The highest BCUT2D eigenvalue weighted by Gasteiger charge is 2.16. The zero-order chi connectivity index (χ0) is 11.4. The molecule has 15 heavy (non-hydrogen) atoms. The summed E-state index contributed by atoms with van der Waals surface area (Å²) < 4.78 is 4.80. The van der Waals surface area contributed by atoms with Gasteiger partial charge in [0.1, 0.15) is 6.07 Å². The maximum absolute atomic E-state index is 11.3.